The molecular weight excluding hydrogens is 348 g/mol. The average molecular weight is 364 g/mol. The van der Waals surface area contributed by atoms with Gasteiger partial charge in [-0.15, -0.1) is 0 Å². The standard InChI is InChI=1S/C19H16N4O4/c1-26-13-5-2-11(3-6-13)15-9-16(23-22-15)19(25)20-12-4-7-14-17(8-12)27-10-18(24)21-14/h2-9H,10H2,1H3,(H,20,25)(H,21,24)(H,22,23). The maximum Gasteiger partial charge on any atom is 0.273 e. The van der Waals surface area contributed by atoms with Crippen molar-refractivity contribution >= 4 is 23.2 Å². The van der Waals surface area contributed by atoms with Crippen molar-refractivity contribution in [3.05, 3.63) is 54.2 Å². The molecule has 0 spiro atoms. The molecule has 0 bridgehead atoms. The summed E-state index contributed by atoms with van der Waals surface area (Å²) in [5.41, 5.74) is 2.97. The summed E-state index contributed by atoms with van der Waals surface area (Å²) in [6.45, 7) is -0.0455. The Morgan fingerprint density at radius 1 is 1.19 bits per heavy atom. The Balaban J connectivity index is 1.49. The van der Waals surface area contributed by atoms with Crippen molar-refractivity contribution in [2.45, 2.75) is 0 Å². The van der Waals surface area contributed by atoms with Crippen molar-refractivity contribution in [3.63, 3.8) is 0 Å². The van der Waals surface area contributed by atoms with E-state index in [1.165, 1.54) is 0 Å². The fourth-order valence-corrected chi connectivity index (χ4v) is 2.70. The molecule has 0 saturated heterocycles. The Hall–Kier alpha value is -3.81. The van der Waals surface area contributed by atoms with Crippen LogP contribution in [0, 0.1) is 0 Å². The SMILES string of the molecule is COc1ccc(-c2cc(C(=O)Nc3ccc4c(c3)OCC(=O)N4)[nH]n2)cc1. The smallest absolute Gasteiger partial charge is 0.273 e. The van der Waals surface area contributed by atoms with Crippen molar-refractivity contribution < 1.29 is 19.1 Å². The van der Waals surface area contributed by atoms with Gasteiger partial charge in [0, 0.05) is 17.3 Å². The molecule has 0 fully saturated rings. The number of fused-ring (bicyclic) bond motifs is 1. The van der Waals surface area contributed by atoms with E-state index >= 15 is 0 Å². The van der Waals surface area contributed by atoms with Crippen LogP contribution < -0.4 is 20.1 Å². The summed E-state index contributed by atoms with van der Waals surface area (Å²) in [5.74, 6) is 0.721. The monoisotopic (exact) mass is 364 g/mol. The maximum atomic E-state index is 12.5. The number of H-pyrrole nitrogens is 1. The van der Waals surface area contributed by atoms with Crippen LogP contribution in [0.1, 0.15) is 10.5 Å². The number of hydrogen-bond acceptors (Lipinski definition) is 5. The molecule has 3 aromatic rings. The first-order valence-corrected chi connectivity index (χ1v) is 8.20. The molecule has 3 N–H and O–H groups in total. The molecule has 0 saturated carbocycles. The highest BCUT2D eigenvalue weighted by molar-refractivity contribution is 6.04. The number of hydrogen-bond donors (Lipinski definition) is 3. The quantitative estimate of drug-likeness (QED) is 0.660. The second-order valence-electron chi connectivity index (χ2n) is 5.90. The number of methoxy groups -OCH3 is 1. The summed E-state index contributed by atoms with van der Waals surface area (Å²) in [7, 11) is 1.60. The van der Waals surface area contributed by atoms with Crippen molar-refractivity contribution in [1.82, 2.24) is 10.2 Å². The van der Waals surface area contributed by atoms with Crippen LogP contribution in [0.5, 0.6) is 11.5 Å². The molecule has 0 aliphatic carbocycles. The zero-order chi connectivity index (χ0) is 18.8. The first-order valence-electron chi connectivity index (χ1n) is 8.20. The topological polar surface area (TPSA) is 105 Å². The van der Waals surface area contributed by atoms with Crippen LogP contribution in [-0.4, -0.2) is 35.7 Å². The van der Waals surface area contributed by atoms with E-state index in [1.54, 1.807) is 31.4 Å². The Labute approximate surface area is 154 Å². The number of carbonyl (C=O) groups is 2. The van der Waals surface area contributed by atoms with Crippen molar-refractivity contribution in [2.24, 2.45) is 0 Å². The summed E-state index contributed by atoms with van der Waals surface area (Å²) in [5, 5.41) is 12.4. The minimum atomic E-state index is -0.331. The number of benzene rings is 2. The Morgan fingerprint density at radius 2 is 2.00 bits per heavy atom. The Morgan fingerprint density at radius 3 is 2.78 bits per heavy atom. The third-order valence-electron chi connectivity index (χ3n) is 4.08. The van der Waals surface area contributed by atoms with Gasteiger partial charge in [-0.3, -0.25) is 14.7 Å². The molecule has 0 radical (unpaired) electrons. The number of nitrogens with zero attached hydrogens (tertiary/aromatic N) is 1. The molecule has 2 amide bonds. The van der Waals surface area contributed by atoms with Crippen LogP contribution in [0.3, 0.4) is 0 Å². The molecule has 8 nitrogen and oxygen atoms in total. The van der Waals surface area contributed by atoms with Gasteiger partial charge in [0.1, 0.15) is 17.2 Å². The molecular formula is C19H16N4O4. The minimum Gasteiger partial charge on any atom is -0.497 e. The molecule has 27 heavy (non-hydrogen) atoms. The van der Waals surface area contributed by atoms with Crippen LogP contribution >= 0.6 is 0 Å². The largest absolute Gasteiger partial charge is 0.497 e. The molecule has 4 rings (SSSR count). The zero-order valence-electron chi connectivity index (χ0n) is 14.4. The second-order valence-corrected chi connectivity index (χ2v) is 5.90. The lowest BCUT2D eigenvalue weighted by Gasteiger charge is -2.18. The molecule has 1 aliphatic rings. The van der Waals surface area contributed by atoms with Crippen molar-refractivity contribution in [1.29, 1.82) is 0 Å². The molecule has 2 heterocycles. The van der Waals surface area contributed by atoms with Gasteiger partial charge in [-0.25, -0.2) is 0 Å². The van der Waals surface area contributed by atoms with Crippen LogP contribution in [0.2, 0.25) is 0 Å². The van der Waals surface area contributed by atoms with Gasteiger partial charge in [0.25, 0.3) is 11.8 Å². The van der Waals surface area contributed by atoms with Gasteiger partial charge in [0.15, 0.2) is 6.61 Å². The number of carbonyl (C=O) groups excluding carboxylic acids is 2. The summed E-state index contributed by atoms with van der Waals surface area (Å²) < 4.78 is 10.5. The number of anilines is 2. The third-order valence-corrected chi connectivity index (χ3v) is 4.08. The van der Waals surface area contributed by atoms with E-state index in [4.69, 9.17) is 9.47 Å². The van der Waals surface area contributed by atoms with Gasteiger partial charge in [0.05, 0.1) is 18.5 Å². The fourth-order valence-electron chi connectivity index (χ4n) is 2.70. The highest BCUT2D eigenvalue weighted by Crippen LogP contribution is 2.30. The Bertz CT molecular complexity index is 1010. The van der Waals surface area contributed by atoms with Gasteiger partial charge < -0.3 is 20.1 Å². The number of aromatic nitrogens is 2. The Kier molecular flexibility index (Phi) is 4.21. The van der Waals surface area contributed by atoms with Crippen LogP contribution in [-0.2, 0) is 4.79 Å². The molecule has 8 heteroatoms. The van der Waals surface area contributed by atoms with Crippen molar-refractivity contribution in [3.8, 4) is 22.8 Å². The molecule has 2 aromatic carbocycles. The van der Waals surface area contributed by atoms with E-state index in [1.807, 2.05) is 24.3 Å². The zero-order valence-corrected chi connectivity index (χ0v) is 14.4. The summed E-state index contributed by atoms with van der Waals surface area (Å²) in [6, 6.07) is 14.1. The number of nitrogens with one attached hydrogen (secondary N) is 3. The highest BCUT2D eigenvalue weighted by atomic mass is 16.5. The van der Waals surface area contributed by atoms with Gasteiger partial charge in [-0.05, 0) is 42.5 Å². The third kappa shape index (κ3) is 3.45. The molecule has 1 aliphatic heterocycles. The molecule has 0 atom stereocenters. The van der Waals surface area contributed by atoms with Gasteiger partial charge in [-0.1, -0.05) is 0 Å². The summed E-state index contributed by atoms with van der Waals surface area (Å²) in [6.07, 6.45) is 0. The average Bonchev–Trinajstić information content (AvgIpc) is 3.18. The first kappa shape index (κ1) is 16.6. The van der Waals surface area contributed by atoms with Crippen molar-refractivity contribution in [2.75, 3.05) is 24.4 Å². The predicted octanol–water partition coefficient (Wildman–Crippen LogP) is 2.67. The lowest BCUT2D eigenvalue weighted by Crippen LogP contribution is -2.25. The summed E-state index contributed by atoms with van der Waals surface area (Å²) >= 11 is 0. The normalized spacial score (nSPS) is 12.6. The van der Waals surface area contributed by atoms with Gasteiger partial charge >= 0.3 is 0 Å². The molecule has 0 unspecified atom stereocenters. The van der Waals surface area contributed by atoms with E-state index in [-0.39, 0.29) is 18.4 Å². The minimum absolute atomic E-state index is 0.0455. The maximum absolute atomic E-state index is 12.5. The van der Waals surface area contributed by atoms with E-state index in [2.05, 4.69) is 20.8 Å². The van der Waals surface area contributed by atoms with Crippen LogP contribution in [0.4, 0.5) is 11.4 Å². The number of amides is 2. The molecule has 136 valence electrons. The van der Waals surface area contributed by atoms with Crippen LogP contribution in [0.25, 0.3) is 11.3 Å². The number of rotatable bonds is 4. The first-order chi connectivity index (χ1) is 13.1. The van der Waals surface area contributed by atoms with Gasteiger partial charge in [0.2, 0.25) is 0 Å². The lowest BCUT2D eigenvalue weighted by atomic mass is 10.1. The molecule has 1 aromatic heterocycles. The second kappa shape index (κ2) is 6.83. The van der Waals surface area contributed by atoms with E-state index in [0.29, 0.717) is 28.5 Å². The fraction of sp³-hybridized carbons (Fsp3) is 0.105. The summed E-state index contributed by atoms with van der Waals surface area (Å²) in [4.78, 5) is 23.8. The van der Waals surface area contributed by atoms with Crippen LogP contribution in [0.15, 0.2) is 48.5 Å². The lowest BCUT2D eigenvalue weighted by molar-refractivity contribution is -0.118. The van der Waals surface area contributed by atoms with E-state index in [9.17, 15) is 9.59 Å². The van der Waals surface area contributed by atoms with E-state index in [0.717, 1.165) is 11.3 Å². The number of ether oxygens (including phenoxy) is 2. The highest BCUT2D eigenvalue weighted by Gasteiger charge is 2.17. The predicted molar refractivity (Wildman–Crippen MR) is 99.1 cm³/mol. The number of aromatic amines is 1. The van der Waals surface area contributed by atoms with E-state index < -0.39 is 0 Å². The van der Waals surface area contributed by atoms with Gasteiger partial charge in [-0.2, -0.15) is 5.10 Å².